The van der Waals surface area contributed by atoms with Crippen LogP contribution in [0.25, 0.3) is 0 Å². The molecule has 22 heavy (non-hydrogen) atoms. The van der Waals surface area contributed by atoms with Crippen LogP contribution in [-0.2, 0) is 7.05 Å². The highest BCUT2D eigenvalue weighted by Gasteiger charge is 2.40. The summed E-state index contributed by atoms with van der Waals surface area (Å²) in [6, 6.07) is 10.1. The summed E-state index contributed by atoms with van der Waals surface area (Å²) >= 11 is 5.48. The van der Waals surface area contributed by atoms with Gasteiger partial charge in [0, 0.05) is 31.2 Å². The van der Waals surface area contributed by atoms with Gasteiger partial charge < -0.3 is 19.9 Å². The van der Waals surface area contributed by atoms with Crippen molar-refractivity contribution >= 4 is 17.3 Å². The topological polar surface area (TPSA) is 53.3 Å². The number of nitrogens with one attached hydrogen (secondary N) is 1. The maximum atomic E-state index is 9.39. The summed E-state index contributed by atoms with van der Waals surface area (Å²) in [5.74, 6) is 0. The molecule has 0 spiro atoms. The summed E-state index contributed by atoms with van der Waals surface area (Å²) in [7, 11) is 2.05. The van der Waals surface area contributed by atoms with E-state index >= 15 is 0 Å². The molecule has 0 bridgehead atoms. The number of hydrogen-bond donors (Lipinski definition) is 2. The summed E-state index contributed by atoms with van der Waals surface area (Å²) in [6.07, 6.45) is 1.79. The summed E-state index contributed by atoms with van der Waals surface area (Å²) < 4.78 is 2.17. The van der Waals surface area contributed by atoms with Gasteiger partial charge in [-0.25, -0.2) is 0 Å². The Labute approximate surface area is 135 Å². The van der Waals surface area contributed by atoms with Gasteiger partial charge in [0.05, 0.1) is 24.4 Å². The standard InChI is InChI=1S/C16H20N4OS/c1-11-6-7-13(19(11)2)15-14(12-5-3-4-8-17-12)18-16(22)20(15)9-10-21/h3-8,14-15,21H,9-10H2,1-2H3,(H,18,22). The maximum Gasteiger partial charge on any atom is 0.170 e. The minimum Gasteiger partial charge on any atom is -0.395 e. The molecule has 2 N–H and O–H groups in total. The average Bonchev–Trinajstić information content (AvgIpc) is 3.02. The van der Waals surface area contributed by atoms with Crippen molar-refractivity contribution in [2.75, 3.05) is 13.2 Å². The van der Waals surface area contributed by atoms with E-state index in [9.17, 15) is 5.11 Å². The third kappa shape index (κ3) is 2.48. The Morgan fingerprint density at radius 2 is 2.14 bits per heavy atom. The number of nitrogens with zero attached hydrogens (tertiary/aromatic N) is 3. The van der Waals surface area contributed by atoms with E-state index in [2.05, 4.69) is 41.0 Å². The SMILES string of the molecule is Cc1ccc(C2C(c3ccccn3)NC(=S)N2CCO)n1C. The number of pyridine rings is 1. The Kier molecular flexibility index (Phi) is 4.13. The quantitative estimate of drug-likeness (QED) is 0.841. The second kappa shape index (κ2) is 6.06. The van der Waals surface area contributed by atoms with Crippen molar-refractivity contribution in [1.82, 2.24) is 19.8 Å². The first-order chi connectivity index (χ1) is 10.6. The first-order valence-electron chi connectivity index (χ1n) is 7.34. The van der Waals surface area contributed by atoms with Gasteiger partial charge in [-0.1, -0.05) is 6.07 Å². The molecule has 2 atom stereocenters. The van der Waals surface area contributed by atoms with Crippen LogP contribution in [0.3, 0.4) is 0 Å². The summed E-state index contributed by atoms with van der Waals surface area (Å²) in [5, 5.41) is 13.4. The van der Waals surface area contributed by atoms with E-state index in [1.165, 1.54) is 5.69 Å². The molecular formula is C16H20N4OS. The lowest BCUT2D eigenvalue weighted by Gasteiger charge is -2.27. The largest absolute Gasteiger partial charge is 0.395 e. The van der Waals surface area contributed by atoms with Crippen LogP contribution in [0, 0.1) is 6.92 Å². The van der Waals surface area contributed by atoms with Crippen LogP contribution in [0.4, 0.5) is 0 Å². The zero-order valence-electron chi connectivity index (χ0n) is 12.7. The second-order valence-electron chi connectivity index (χ2n) is 5.50. The molecule has 0 aliphatic carbocycles. The molecule has 1 saturated heterocycles. The van der Waals surface area contributed by atoms with Gasteiger partial charge in [0.1, 0.15) is 0 Å². The van der Waals surface area contributed by atoms with Crippen LogP contribution in [-0.4, -0.2) is 37.8 Å². The minimum absolute atomic E-state index is 0.0201. The highest BCUT2D eigenvalue weighted by atomic mass is 32.1. The summed E-state index contributed by atoms with van der Waals surface area (Å²) in [4.78, 5) is 6.53. The zero-order chi connectivity index (χ0) is 15.7. The molecule has 1 aliphatic heterocycles. The van der Waals surface area contributed by atoms with Gasteiger partial charge in [-0.3, -0.25) is 4.98 Å². The highest BCUT2D eigenvalue weighted by Crippen LogP contribution is 2.38. The Bertz CT molecular complexity index is 670. The third-order valence-corrected chi connectivity index (χ3v) is 4.61. The first-order valence-corrected chi connectivity index (χ1v) is 7.75. The van der Waals surface area contributed by atoms with Gasteiger partial charge in [-0.15, -0.1) is 0 Å². The predicted octanol–water partition coefficient (Wildman–Crippen LogP) is 1.69. The smallest absolute Gasteiger partial charge is 0.170 e. The van der Waals surface area contributed by atoms with Crippen molar-refractivity contribution in [3.8, 4) is 0 Å². The Hall–Kier alpha value is -1.92. The lowest BCUT2D eigenvalue weighted by molar-refractivity contribution is 0.219. The Morgan fingerprint density at radius 3 is 2.73 bits per heavy atom. The van der Waals surface area contributed by atoms with Gasteiger partial charge in [0.15, 0.2) is 5.11 Å². The van der Waals surface area contributed by atoms with Crippen LogP contribution in [0.15, 0.2) is 36.5 Å². The lowest BCUT2D eigenvalue weighted by atomic mass is 10.0. The number of β-amino-alcohol motifs (C(OH)–C–C–N with tert-alkyl or cyclic N) is 1. The van der Waals surface area contributed by atoms with Crippen molar-refractivity contribution in [2.45, 2.75) is 19.0 Å². The van der Waals surface area contributed by atoms with Gasteiger partial charge >= 0.3 is 0 Å². The normalized spacial score (nSPS) is 21.2. The highest BCUT2D eigenvalue weighted by molar-refractivity contribution is 7.80. The van der Waals surface area contributed by atoms with E-state index in [0.717, 1.165) is 11.4 Å². The molecule has 0 saturated carbocycles. The van der Waals surface area contributed by atoms with E-state index in [0.29, 0.717) is 11.7 Å². The summed E-state index contributed by atoms with van der Waals surface area (Å²) in [6.45, 7) is 2.65. The Morgan fingerprint density at radius 1 is 1.32 bits per heavy atom. The van der Waals surface area contributed by atoms with Crippen molar-refractivity contribution in [3.63, 3.8) is 0 Å². The van der Waals surface area contributed by atoms with Crippen LogP contribution < -0.4 is 5.32 Å². The molecule has 0 amide bonds. The molecule has 2 unspecified atom stereocenters. The van der Waals surface area contributed by atoms with E-state index in [4.69, 9.17) is 12.2 Å². The second-order valence-corrected chi connectivity index (χ2v) is 5.89. The Balaban J connectivity index is 2.05. The van der Waals surface area contributed by atoms with Gasteiger partial charge in [-0.2, -0.15) is 0 Å². The monoisotopic (exact) mass is 316 g/mol. The number of hydrogen-bond acceptors (Lipinski definition) is 3. The fourth-order valence-corrected chi connectivity index (χ4v) is 3.34. The molecular weight excluding hydrogens is 296 g/mol. The molecule has 0 aromatic carbocycles. The summed E-state index contributed by atoms with van der Waals surface area (Å²) in [5.41, 5.74) is 3.31. The minimum atomic E-state index is -0.0201. The van der Waals surface area contributed by atoms with Crippen LogP contribution >= 0.6 is 12.2 Å². The molecule has 0 radical (unpaired) electrons. The van der Waals surface area contributed by atoms with E-state index in [1.807, 2.05) is 23.1 Å². The number of aliphatic hydroxyl groups is 1. The predicted molar refractivity (Wildman–Crippen MR) is 89.4 cm³/mol. The van der Waals surface area contributed by atoms with Crippen molar-refractivity contribution in [3.05, 3.63) is 53.6 Å². The van der Waals surface area contributed by atoms with Gasteiger partial charge in [-0.05, 0) is 43.4 Å². The molecule has 5 nitrogen and oxygen atoms in total. The number of aliphatic hydroxyl groups excluding tert-OH is 1. The molecule has 1 aliphatic rings. The number of aromatic nitrogens is 2. The fourth-order valence-electron chi connectivity index (χ4n) is 3.01. The first kappa shape index (κ1) is 15.0. The molecule has 116 valence electrons. The number of rotatable bonds is 4. The van der Waals surface area contributed by atoms with Crippen LogP contribution in [0.5, 0.6) is 0 Å². The van der Waals surface area contributed by atoms with Crippen LogP contribution in [0.2, 0.25) is 0 Å². The lowest BCUT2D eigenvalue weighted by Crippen LogP contribution is -2.32. The van der Waals surface area contributed by atoms with E-state index in [1.54, 1.807) is 6.20 Å². The maximum absolute atomic E-state index is 9.39. The van der Waals surface area contributed by atoms with E-state index in [-0.39, 0.29) is 18.7 Å². The van der Waals surface area contributed by atoms with Gasteiger partial charge in [0.2, 0.25) is 0 Å². The van der Waals surface area contributed by atoms with Crippen molar-refractivity contribution < 1.29 is 5.11 Å². The molecule has 3 rings (SSSR count). The molecule has 3 heterocycles. The van der Waals surface area contributed by atoms with Crippen molar-refractivity contribution in [2.24, 2.45) is 7.05 Å². The zero-order valence-corrected chi connectivity index (χ0v) is 13.5. The number of aryl methyl sites for hydroxylation is 1. The van der Waals surface area contributed by atoms with E-state index < -0.39 is 0 Å². The fraction of sp³-hybridized carbons (Fsp3) is 0.375. The number of thiocarbonyl (C=S) groups is 1. The molecule has 1 fully saturated rings. The third-order valence-electron chi connectivity index (χ3n) is 4.25. The van der Waals surface area contributed by atoms with Crippen LogP contribution in [0.1, 0.15) is 29.2 Å². The molecule has 2 aromatic rings. The average molecular weight is 316 g/mol. The molecule has 2 aromatic heterocycles. The van der Waals surface area contributed by atoms with Crippen molar-refractivity contribution in [1.29, 1.82) is 0 Å². The molecule has 6 heteroatoms. The van der Waals surface area contributed by atoms with Gasteiger partial charge in [0.25, 0.3) is 0 Å².